The number of hydrogen-bond donors (Lipinski definition) is 2. The average Bonchev–Trinajstić information content (AvgIpc) is 2.31. The molecule has 0 aromatic heterocycles. The maximum atomic E-state index is 11.9. The molecule has 1 unspecified atom stereocenters. The van der Waals surface area contributed by atoms with Crippen molar-refractivity contribution in [3.05, 3.63) is 0 Å². The first-order chi connectivity index (χ1) is 7.77. The highest BCUT2D eigenvalue weighted by molar-refractivity contribution is 5.79. The van der Waals surface area contributed by atoms with Gasteiger partial charge in [-0.15, -0.1) is 0 Å². The third-order valence-electron chi connectivity index (χ3n) is 2.78. The van der Waals surface area contributed by atoms with Crippen LogP contribution in [-0.2, 0) is 14.3 Å². The molecule has 0 aromatic carbocycles. The second-order valence-electron chi connectivity index (χ2n) is 4.06. The molecule has 0 aromatic rings. The van der Waals surface area contributed by atoms with Gasteiger partial charge in [0.2, 0.25) is 5.91 Å². The second kappa shape index (κ2) is 7.60. The van der Waals surface area contributed by atoms with Gasteiger partial charge >= 0.3 is 0 Å². The first-order valence-corrected chi connectivity index (χ1v) is 5.75. The summed E-state index contributed by atoms with van der Waals surface area (Å²) in [5.74, 6) is 0.102. The van der Waals surface area contributed by atoms with Crippen LogP contribution in [0.2, 0.25) is 0 Å². The lowest BCUT2D eigenvalue weighted by atomic mass is 9.99. The normalized spacial score (nSPS) is 19.4. The van der Waals surface area contributed by atoms with Gasteiger partial charge in [0.15, 0.2) is 0 Å². The zero-order valence-corrected chi connectivity index (χ0v) is 9.78. The van der Waals surface area contributed by atoms with E-state index in [1.807, 2.05) is 0 Å². The molecular weight excluding hydrogens is 210 g/mol. The molecule has 1 fully saturated rings. The third kappa shape index (κ3) is 4.47. The molecular formula is C11H21NO4. The van der Waals surface area contributed by atoms with Crippen LogP contribution in [0.1, 0.15) is 19.3 Å². The summed E-state index contributed by atoms with van der Waals surface area (Å²) in [6, 6.07) is -0.0923. The van der Waals surface area contributed by atoms with Crippen molar-refractivity contribution in [3.63, 3.8) is 0 Å². The van der Waals surface area contributed by atoms with Crippen LogP contribution in [0.5, 0.6) is 0 Å². The van der Waals surface area contributed by atoms with Crippen molar-refractivity contribution in [1.82, 2.24) is 5.32 Å². The Balaban J connectivity index is 2.33. The average molecular weight is 231 g/mol. The molecule has 0 radical (unpaired) electrons. The Labute approximate surface area is 96.1 Å². The Kier molecular flexibility index (Phi) is 6.37. The van der Waals surface area contributed by atoms with Gasteiger partial charge in [-0.2, -0.15) is 0 Å². The molecule has 1 aliphatic rings. The van der Waals surface area contributed by atoms with Crippen LogP contribution in [0.4, 0.5) is 0 Å². The first kappa shape index (κ1) is 13.4. The Hall–Kier alpha value is -0.650. The molecule has 0 aliphatic carbocycles. The molecule has 0 bridgehead atoms. The minimum Gasteiger partial charge on any atom is -0.396 e. The monoisotopic (exact) mass is 231 g/mol. The highest BCUT2D eigenvalue weighted by Crippen LogP contribution is 2.14. The van der Waals surface area contributed by atoms with Gasteiger partial charge in [0.1, 0.15) is 0 Å². The lowest BCUT2D eigenvalue weighted by Crippen LogP contribution is -2.43. The number of ether oxygens (including phenoxy) is 2. The number of aliphatic hydroxyl groups excluding tert-OH is 1. The van der Waals surface area contributed by atoms with Crippen molar-refractivity contribution in [1.29, 1.82) is 0 Å². The van der Waals surface area contributed by atoms with Crippen LogP contribution in [0, 0.1) is 5.92 Å². The topological polar surface area (TPSA) is 67.8 Å². The summed E-state index contributed by atoms with van der Waals surface area (Å²) in [5, 5.41) is 11.8. The van der Waals surface area contributed by atoms with Gasteiger partial charge in [0.25, 0.3) is 0 Å². The van der Waals surface area contributed by atoms with Crippen molar-refractivity contribution in [2.45, 2.75) is 25.3 Å². The highest BCUT2D eigenvalue weighted by atomic mass is 16.5. The molecule has 5 nitrogen and oxygen atoms in total. The van der Waals surface area contributed by atoms with E-state index in [1.165, 1.54) is 0 Å². The number of carbonyl (C=O) groups is 1. The molecule has 16 heavy (non-hydrogen) atoms. The molecule has 5 heteroatoms. The summed E-state index contributed by atoms with van der Waals surface area (Å²) in [6.07, 6.45) is 2.10. The Morgan fingerprint density at radius 3 is 2.81 bits per heavy atom. The van der Waals surface area contributed by atoms with Gasteiger partial charge in [0, 0.05) is 32.8 Å². The predicted molar refractivity (Wildman–Crippen MR) is 59.1 cm³/mol. The predicted octanol–water partition coefficient (Wildman–Crippen LogP) is -0.0734. The second-order valence-corrected chi connectivity index (χ2v) is 4.06. The van der Waals surface area contributed by atoms with Gasteiger partial charge in [-0.25, -0.2) is 0 Å². The molecule has 1 amide bonds. The van der Waals surface area contributed by atoms with Crippen molar-refractivity contribution in [2.75, 3.05) is 33.5 Å². The summed E-state index contributed by atoms with van der Waals surface area (Å²) in [5.41, 5.74) is 0. The van der Waals surface area contributed by atoms with E-state index in [9.17, 15) is 4.79 Å². The zero-order chi connectivity index (χ0) is 11.8. The highest BCUT2D eigenvalue weighted by Gasteiger charge is 2.23. The number of aliphatic hydroxyl groups is 1. The van der Waals surface area contributed by atoms with Crippen LogP contribution in [0.25, 0.3) is 0 Å². The third-order valence-corrected chi connectivity index (χ3v) is 2.78. The van der Waals surface area contributed by atoms with Crippen molar-refractivity contribution in [2.24, 2.45) is 5.92 Å². The number of hydrogen-bond acceptors (Lipinski definition) is 4. The molecule has 0 spiro atoms. The number of carbonyl (C=O) groups excluding carboxylic acids is 1. The van der Waals surface area contributed by atoms with Crippen molar-refractivity contribution >= 4 is 5.91 Å². The quantitative estimate of drug-likeness (QED) is 0.671. The van der Waals surface area contributed by atoms with E-state index >= 15 is 0 Å². The van der Waals surface area contributed by atoms with Crippen LogP contribution in [0.15, 0.2) is 0 Å². The van der Waals surface area contributed by atoms with Gasteiger partial charge < -0.3 is 19.9 Å². The maximum absolute atomic E-state index is 11.9. The molecule has 94 valence electrons. The number of methoxy groups -OCH3 is 1. The molecule has 0 saturated carbocycles. The molecule has 1 heterocycles. The number of amides is 1. The van der Waals surface area contributed by atoms with Crippen molar-refractivity contribution in [3.8, 4) is 0 Å². The van der Waals surface area contributed by atoms with Gasteiger partial charge in [0.05, 0.1) is 12.6 Å². The van der Waals surface area contributed by atoms with Crippen LogP contribution >= 0.6 is 0 Å². The van der Waals surface area contributed by atoms with E-state index in [-0.39, 0.29) is 24.5 Å². The maximum Gasteiger partial charge on any atom is 0.223 e. The lowest BCUT2D eigenvalue weighted by Gasteiger charge is -2.24. The Morgan fingerprint density at radius 2 is 2.25 bits per heavy atom. The fourth-order valence-corrected chi connectivity index (χ4v) is 1.83. The minimum absolute atomic E-state index is 0.0480. The van der Waals surface area contributed by atoms with E-state index in [0.717, 1.165) is 12.8 Å². The summed E-state index contributed by atoms with van der Waals surface area (Å²) in [7, 11) is 1.59. The fourth-order valence-electron chi connectivity index (χ4n) is 1.83. The van der Waals surface area contributed by atoms with E-state index in [0.29, 0.717) is 26.2 Å². The zero-order valence-electron chi connectivity index (χ0n) is 9.78. The lowest BCUT2D eigenvalue weighted by molar-refractivity contribution is -0.129. The van der Waals surface area contributed by atoms with E-state index < -0.39 is 0 Å². The smallest absolute Gasteiger partial charge is 0.223 e. The standard InChI is InChI=1S/C11H21NO4/c1-15-8-10(2-5-13)12-11(14)9-3-6-16-7-4-9/h9-10,13H,2-8H2,1H3,(H,12,14). The van der Waals surface area contributed by atoms with E-state index in [2.05, 4.69) is 5.32 Å². The molecule has 2 N–H and O–H groups in total. The molecule has 1 saturated heterocycles. The van der Waals surface area contributed by atoms with Crippen LogP contribution in [-0.4, -0.2) is 50.6 Å². The molecule has 1 rings (SSSR count). The van der Waals surface area contributed by atoms with E-state index in [1.54, 1.807) is 7.11 Å². The number of nitrogens with one attached hydrogen (secondary N) is 1. The van der Waals surface area contributed by atoms with Gasteiger partial charge in [-0.3, -0.25) is 4.79 Å². The Morgan fingerprint density at radius 1 is 1.56 bits per heavy atom. The molecule has 1 atom stereocenters. The molecule has 1 aliphatic heterocycles. The van der Waals surface area contributed by atoms with Crippen molar-refractivity contribution < 1.29 is 19.4 Å². The van der Waals surface area contributed by atoms with Gasteiger partial charge in [-0.1, -0.05) is 0 Å². The number of rotatable bonds is 6. The van der Waals surface area contributed by atoms with Gasteiger partial charge in [-0.05, 0) is 19.3 Å². The fraction of sp³-hybridized carbons (Fsp3) is 0.909. The summed E-state index contributed by atoms with van der Waals surface area (Å²) in [6.45, 7) is 1.82. The summed E-state index contributed by atoms with van der Waals surface area (Å²) >= 11 is 0. The Bertz CT molecular complexity index is 198. The van der Waals surface area contributed by atoms with E-state index in [4.69, 9.17) is 14.6 Å². The largest absolute Gasteiger partial charge is 0.396 e. The SMILES string of the molecule is COCC(CCO)NC(=O)C1CCOCC1. The summed E-state index contributed by atoms with van der Waals surface area (Å²) < 4.78 is 10.2. The minimum atomic E-state index is -0.0923. The first-order valence-electron chi connectivity index (χ1n) is 5.75. The van der Waals surface area contributed by atoms with Crippen LogP contribution in [0.3, 0.4) is 0 Å². The van der Waals surface area contributed by atoms with Crippen LogP contribution < -0.4 is 5.32 Å². The summed E-state index contributed by atoms with van der Waals surface area (Å²) in [4.78, 5) is 11.9.